The second kappa shape index (κ2) is 10.0. The van der Waals surface area contributed by atoms with Crippen LogP contribution in [0.15, 0.2) is 78.9 Å². The molecule has 0 radical (unpaired) electrons. The number of ether oxygens (including phenoxy) is 1. The molecule has 3 aromatic carbocycles. The number of aromatic nitrogens is 2. The Labute approximate surface area is 188 Å². The number of hydrogen-bond donors (Lipinski definition) is 3. The van der Waals surface area contributed by atoms with E-state index in [0.717, 1.165) is 40.2 Å². The molecule has 0 aliphatic carbocycles. The molecule has 32 heavy (non-hydrogen) atoms. The fraction of sp³-hybridized carbons (Fsp3) is 0.231. The number of nitrogens with zero attached hydrogens (tertiary/aromatic N) is 1. The van der Waals surface area contributed by atoms with Crippen molar-refractivity contribution in [1.82, 2.24) is 20.6 Å². The van der Waals surface area contributed by atoms with Gasteiger partial charge in [0.05, 0.1) is 30.2 Å². The van der Waals surface area contributed by atoms with Crippen molar-refractivity contribution in [3.8, 4) is 5.75 Å². The van der Waals surface area contributed by atoms with Crippen LogP contribution in [0.1, 0.15) is 42.4 Å². The molecule has 0 unspecified atom stereocenters. The molecule has 1 aromatic heterocycles. The summed E-state index contributed by atoms with van der Waals surface area (Å²) in [7, 11) is 1.65. The van der Waals surface area contributed by atoms with Gasteiger partial charge in [0.2, 0.25) is 0 Å². The number of hydrogen-bond acceptors (Lipinski definition) is 3. The number of aromatic amines is 1. The van der Waals surface area contributed by atoms with Gasteiger partial charge in [-0.15, -0.1) is 0 Å². The van der Waals surface area contributed by atoms with Crippen molar-refractivity contribution in [3.63, 3.8) is 0 Å². The van der Waals surface area contributed by atoms with E-state index < -0.39 is 0 Å². The Morgan fingerprint density at radius 1 is 0.938 bits per heavy atom. The van der Waals surface area contributed by atoms with Gasteiger partial charge in [-0.05, 0) is 48.2 Å². The second-order valence-electron chi connectivity index (χ2n) is 7.73. The summed E-state index contributed by atoms with van der Waals surface area (Å²) in [5, 5.41) is 6.24. The molecule has 164 valence electrons. The molecule has 0 fully saturated rings. The van der Waals surface area contributed by atoms with Crippen LogP contribution in [0.4, 0.5) is 4.79 Å². The van der Waals surface area contributed by atoms with Crippen molar-refractivity contribution in [3.05, 3.63) is 95.8 Å². The molecule has 6 nitrogen and oxygen atoms in total. The number of benzene rings is 3. The smallest absolute Gasteiger partial charge is 0.315 e. The summed E-state index contributed by atoms with van der Waals surface area (Å²) in [5.74, 6) is 1.53. The zero-order chi connectivity index (χ0) is 22.3. The van der Waals surface area contributed by atoms with Gasteiger partial charge >= 0.3 is 6.03 Å². The molecule has 6 heteroatoms. The Morgan fingerprint density at radius 2 is 1.62 bits per heavy atom. The Bertz CT molecular complexity index is 1120. The summed E-state index contributed by atoms with van der Waals surface area (Å²) in [6.07, 6.45) is 1.39. The van der Waals surface area contributed by atoms with Gasteiger partial charge in [0, 0.05) is 0 Å². The summed E-state index contributed by atoms with van der Waals surface area (Å²) in [6, 6.07) is 25.1. The first-order valence-corrected chi connectivity index (χ1v) is 10.9. The fourth-order valence-corrected chi connectivity index (χ4v) is 3.82. The highest BCUT2D eigenvalue weighted by molar-refractivity contribution is 5.76. The number of amides is 2. The van der Waals surface area contributed by atoms with Crippen LogP contribution < -0.4 is 15.4 Å². The van der Waals surface area contributed by atoms with Crippen molar-refractivity contribution in [2.45, 2.75) is 31.8 Å². The highest BCUT2D eigenvalue weighted by Crippen LogP contribution is 2.22. The minimum absolute atomic E-state index is 0.0616. The molecule has 3 N–H and O–H groups in total. The summed E-state index contributed by atoms with van der Waals surface area (Å²) >= 11 is 0. The molecule has 1 heterocycles. The fourth-order valence-electron chi connectivity index (χ4n) is 3.82. The molecule has 0 saturated heterocycles. The van der Waals surface area contributed by atoms with Crippen molar-refractivity contribution in [2.24, 2.45) is 0 Å². The van der Waals surface area contributed by atoms with Crippen LogP contribution in [-0.2, 0) is 6.42 Å². The third-order valence-corrected chi connectivity index (χ3v) is 5.56. The van der Waals surface area contributed by atoms with E-state index in [4.69, 9.17) is 9.72 Å². The highest BCUT2D eigenvalue weighted by atomic mass is 16.5. The second-order valence-corrected chi connectivity index (χ2v) is 7.73. The lowest BCUT2D eigenvalue weighted by Gasteiger charge is -2.22. The van der Waals surface area contributed by atoms with Gasteiger partial charge in [-0.2, -0.15) is 0 Å². The van der Waals surface area contributed by atoms with Crippen LogP contribution in [0.3, 0.4) is 0 Å². The van der Waals surface area contributed by atoms with E-state index in [-0.39, 0.29) is 18.1 Å². The molecular formula is C26H28N4O2. The van der Waals surface area contributed by atoms with Crippen LogP contribution in [0.2, 0.25) is 0 Å². The van der Waals surface area contributed by atoms with Gasteiger partial charge in [0.1, 0.15) is 11.6 Å². The first-order valence-electron chi connectivity index (χ1n) is 10.9. The highest BCUT2D eigenvalue weighted by Gasteiger charge is 2.21. The lowest BCUT2D eigenvalue weighted by Crippen LogP contribution is -2.40. The number of rotatable bonds is 8. The third-order valence-electron chi connectivity index (χ3n) is 5.56. The van der Waals surface area contributed by atoms with Gasteiger partial charge < -0.3 is 20.4 Å². The van der Waals surface area contributed by atoms with Crippen LogP contribution in [0, 0.1) is 0 Å². The van der Waals surface area contributed by atoms with E-state index >= 15 is 0 Å². The maximum absolute atomic E-state index is 13.0. The van der Waals surface area contributed by atoms with Crippen LogP contribution in [0.25, 0.3) is 11.0 Å². The molecule has 4 aromatic rings. The summed E-state index contributed by atoms with van der Waals surface area (Å²) < 4.78 is 5.26. The number of H-pyrrole nitrogens is 1. The van der Waals surface area contributed by atoms with Gasteiger partial charge in [-0.1, -0.05) is 61.5 Å². The zero-order valence-electron chi connectivity index (χ0n) is 18.3. The maximum Gasteiger partial charge on any atom is 0.315 e. The number of carbonyl (C=O) groups is 1. The molecule has 4 rings (SSSR count). The van der Waals surface area contributed by atoms with Gasteiger partial charge in [0.15, 0.2) is 0 Å². The van der Waals surface area contributed by atoms with Crippen molar-refractivity contribution >= 4 is 17.1 Å². The van der Waals surface area contributed by atoms with E-state index in [1.54, 1.807) is 7.11 Å². The van der Waals surface area contributed by atoms with E-state index in [0.29, 0.717) is 6.42 Å². The molecule has 2 amide bonds. The average molecular weight is 429 g/mol. The lowest BCUT2D eigenvalue weighted by molar-refractivity contribution is 0.232. The van der Waals surface area contributed by atoms with Crippen LogP contribution in [-0.4, -0.2) is 23.1 Å². The number of fused-ring (bicyclic) bond motifs is 1. The Morgan fingerprint density at radius 3 is 2.31 bits per heavy atom. The summed E-state index contributed by atoms with van der Waals surface area (Å²) in [4.78, 5) is 21.1. The van der Waals surface area contributed by atoms with Crippen LogP contribution in [0.5, 0.6) is 5.75 Å². The minimum atomic E-state index is -0.316. The zero-order valence-corrected chi connectivity index (χ0v) is 18.3. The molecule has 0 aliphatic heterocycles. The SMILES string of the molecule is CC[C@H](NC(=O)N[C@H](Cc1ccc(OC)cc1)c1nc2ccccc2[nH]1)c1ccccc1. The van der Waals surface area contributed by atoms with E-state index in [9.17, 15) is 4.79 Å². The third kappa shape index (κ3) is 5.09. The van der Waals surface area contributed by atoms with E-state index in [1.165, 1.54) is 0 Å². The monoisotopic (exact) mass is 428 g/mol. The van der Waals surface area contributed by atoms with Gasteiger partial charge in [-0.25, -0.2) is 9.78 Å². The molecule has 0 saturated carbocycles. The number of urea groups is 1. The average Bonchev–Trinajstić information content (AvgIpc) is 3.27. The molecule has 0 bridgehead atoms. The largest absolute Gasteiger partial charge is 0.497 e. The topological polar surface area (TPSA) is 79.0 Å². The quantitative estimate of drug-likeness (QED) is 0.356. The Kier molecular flexibility index (Phi) is 6.70. The number of imidazole rings is 1. The molecule has 0 aliphatic rings. The van der Waals surface area contributed by atoms with E-state index in [1.807, 2.05) is 78.9 Å². The normalized spacial score (nSPS) is 12.8. The minimum Gasteiger partial charge on any atom is -0.497 e. The Hall–Kier alpha value is -3.80. The lowest BCUT2D eigenvalue weighted by atomic mass is 10.0. The summed E-state index contributed by atoms with van der Waals surface area (Å²) in [5.41, 5.74) is 3.98. The van der Waals surface area contributed by atoms with E-state index in [2.05, 4.69) is 22.5 Å². The van der Waals surface area contributed by atoms with Crippen molar-refractivity contribution in [2.75, 3.05) is 7.11 Å². The number of carbonyl (C=O) groups excluding carboxylic acids is 1. The standard InChI is InChI=1S/C26H28N4O2/c1-3-21(19-9-5-4-6-10-19)29-26(31)30-24(17-18-13-15-20(32-2)16-14-18)25-27-22-11-7-8-12-23(22)28-25/h4-16,21,24H,3,17H2,1-2H3,(H,27,28)(H2,29,30,31)/t21-,24+/m0/s1. The first-order chi connectivity index (χ1) is 15.7. The number of para-hydroxylation sites is 2. The number of nitrogens with one attached hydrogen (secondary N) is 3. The molecular weight excluding hydrogens is 400 g/mol. The van der Waals surface area contributed by atoms with Crippen molar-refractivity contribution < 1.29 is 9.53 Å². The molecule has 0 spiro atoms. The van der Waals surface area contributed by atoms with Crippen molar-refractivity contribution in [1.29, 1.82) is 0 Å². The Balaban J connectivity index is 1.55. The predicted molar refractivity (Wildman–Crippen MR) is 127 cm³/mol. The predicted octanol–water partition coefficient (Wildman–Crippen LogP) is 5.31. The van der Waals surface area contributed by atoms with Gasteiger partial charge in [-0.3, -0.25) is 0 Å². The summed E-state index contributed by atoms with van der Waals surface area (Å²) in [6.45, 7) is 2.06. The number of methoxy groups -OCH3 is 1. The van der Waals surface area contributed by atoms with Gasteiger partial charge in [0.25, 0.3) is 0 Å². The first kappa shape index (κ1) is 21.4. The maximum atomic E-state index is 13.0. The molecule has 2 atom stereocenters. The van der Waals surface area contributed by atoms with Crippen LogP contribution >= 0.6 is 0 Å².